The lowest BCUT2D eigenvalue weighted by atomic mass is 10.0. The van der Waals surface area contributed by atoms with E-state index in [1.807, 2.05) is 13.8 Å². The van der Waals surface area contributed by atoms with Gasteiger partial charge in [-0.2, -0.15) is 0 Å². The van der Waals surface area contributed by atoms with Crippen LogP contribution in [0.3, 0.4) is 0 Å². The smallest absolute Gasteiger partial charge is 0.252 e. The number of methoxy groups -OCH3 is 2. The molecule has 0 saturated carbocycles. The van der Waals surface area contributed by atoms with Gasteiger partial charge in [0.25, 0.3) is 5.91 Å². The maximum atomic E-state index is 12.4. The molecule has 1 rings (SSSR count). The lowest BCUT2D eigenvalue weighted by Gasteiger charge is -2.21. The highest BCUT2D eigenvalue weighted by Gasteiger charge is 2.24. The molecule has 1 unspecified atom stereocenters. The van der Waals surface area contributed by atoms with E-state index in [2.05, 4.69) is 16.6 Å². The second-order valence-electron chi connectivity index (χ2n) is 5.22. The molecule has 0 aliphatic rings. The van der Waals surface area contributed by atoms with Gasteiger partial charge < -0.3 is 20.1 Å². The zero-order valence-corrected chi connectivity index (χ0v) is 13.8. The standard InChI is InChI=1S/C17H22N2O4/c1-6-7-18-17(21)15(11(2)3)19-16(20)12-8-13(22-4)10-14(9-12)23-5/h1,8-11,15H,7H2,2-5H3,(H,18,21)(H,19,20). The number of nitrogens with one attached hydrogen (secondary N) is 2. The summed E-state index contributed by atoms with van der Waals surface area (Å²) in [5.74, 6) is 2.51. The van der Waals surface area contributed by atoms with E-state index in [1.54, 1.807) is 18.2 Å². The first-order valence-electron chi connectivity index (χ1n) is 7.18. The van der Waals surface area contributed by atoms with E-state index in [9.17, 15) is 9.59 Å². The first-order chi connectivity index (χ1) is 10.9. The predicted octanol–water partition coefficient (Wildman–Crippen LogP) is 1.21. The van der Waals surface area contributed by atoms with Crippen molar-refractivity contribution < 1.29 is 19.1 Å². The lowest BCUT2D eigenvalue weighted by Crippen LogP contribution is -2.49. The van der Waals surface area contributed by atoms with Crippen LogP contribution < -0.4 is 20.1 Å². The van der Waals surface area contributed by atoms with Gasteiger partial charge in [-0.25, -0.2) is 0 Å². The molecule has 0 aromatic heterocycles. The summed E-state index contributed by atoms with van der Waals surface area (Å²) >= 11 is 0. The summed E-state index contributed by atoms with van der Waals surface area (Å²) in [6.07, 6.45) is 5.13. The van der Waals surface area contributed by atoms with Crippen LogP contribution in [0.25, 0.3) is 0 Å². The van der Waals surface area contributed by atoms with Gasteiger partial charge in [0.15, 0.2) is 0 Å². The third-order valence-corrected chi connectivity index (χ3v) is 3.21. The first kappa shape index (κ1) is 18.4. The highest BCUT2D eigenvalue weighted by atomic mass is 16.5. The van der Waals surface area contributed by atoms with Crippen LogP contribution in [0.15, 0.2) is 18.2 Å². The van der Waals surface area contributed by atoms with Crippen LogP contribution in [0, 0.1) is 18.3 Å². The Balaban J connectivity index is 2.95. The molecule has 0 saturated heterocycles. The minimum absolute atomic E-state index is 0.0933. The molecule has 124 valence electrons. The number of terminal acetylenes is 1. The number of hydrogen-bond acceptors (Lipinski definition) is 4. The minimum Gasteiger partial charge on any atom is -0.497 e. The van der Waals surface area contributed by atoms with Gasteiger partial charge in [0.05, 0.1) is 20.8 Å². The summed E-state index contributed by atoms with van der Waals surface area (Å²) < 4.78 is 10.3. The van der Waals surface area contributed by atoms with Gasteiger partial charge in [-0.05, 0) is 18.1 Å². The van der Waals surface area contributed by atoms with Crippen molar-refractivity contribution >= 4 is 11.8 Å². The number of benzene rings is 1. The van der Waals surface area contributed by atoms with Crippen molar-refractivity contribution in [2.75, 3.05) is 20.8 Å². The summed E-state index contributed by atoms with van der Waals surface area (Å²) in [7, 11) is 3.00. The average molecular weight is 318 g/mol. The average Bonchev–Trinajstić information content (AvgIpc) is 2.56. The molecule has 1 aromatic rings. The van der Waals surface area contributed by atoms with Crippen LogP contribution in [-0.2, 0) is 4.79 Å². The molecule has 1 aromatic carbocycles. The third kappa shape index (κ3) is 5.22. The Kier molecular flexibility index (Phi) is 6.94. The van der Waals surface area contributed by atoms with Gasteiger partial charge in [0, 0.05) is 11.6 Å². The molecular weight excluding hydrogens is 296 g/mol. The highest BCUT2D eigenvalue weighted by molar-refractivity contribution is 5.98. The number of rotatable bonds is 7. The summed E-state index contributed by atoms with van der Waals surface area (Å²) in [4.78, 5) is 24.5. The van der Waals surface area contributed by atoms with Crippen molar-refractivity contribution in [2.24, 2.45) is 5.92 Å². The second kappa shape index (κ2) is 8.69. The zero-order chi connectivity index (χ0) is 17.4. The fourth-order valence-electron chi connectivity index (χ4n) is 1.95. The molecule has 0 spiro atoms. The monoisotopic (exact) mass is 318 g/mol. The lowest BCUT2D eigenvalue weighted by molar-refractivity contribution is -0.123. The Hall–Kier alpha value is -2.68. The molecule has 0 bridgehead atoms. The zero-order valence-electron chi connectivity index (χ0n) is 13.8. The van der Waals surface area contributed by atoms with Gasteiger partial charge in [0.1, 0.15) is 17.5 Å². The fourth-order valence-corrected chi connectivity index (χ4v) is 1.95. The van der Waals surface area contributed by atoms with Crippen molar-refractivity contribution in [3.63, 3.8) is 0 Å². The maximum absolute atomic E-state index is 12.4. The van der Waals surface area contributed by atoms with Gasteiger partial charge >= 0.3 is 0 Å². The topological polar surface area (TPSA) is 76.7 Å². The molecule has 0 aliphatic heterocycles. The summed E-state index contributed by atoms with van der Waals surface area (Å²) in [5.41, 5.74) is 0.344. The van der Waals surface area contributed by atoms with Gasteiger partial charge in [-0.15, -0.1) is 6.42 Å². The number of hydrogen-bond donors (Lipinski definition) is 2. The van der Waals surface area contributed by atoms with E-state index < -0.39 is 11.9 Å². The Bertz CT molecular complexity index is 583. The predicted molar refractivity (Wildman–Crippen MR) is 87.5 cm³/mol. The van der Waals surface area contributed by atoms with Crippen LogP contribution in [0.2, 0.25) is 0 Å². The van der Waals surface area contributed by atoms with E-state index in [4.69, 9.17) is 15.9 Å². The second-order valence-corrected chi connectivity index (χ2v) is 5.22. The van der Waals surface area contributed by atoms with Crippen molar-refractivity contribution in [1.29, 1.82) is 0 Å². The first-order valence-corrected chi connectivity index (χ1v) is 7.18. The molecule has 0 heterocycles. The van der Waals surface area contributed by atoms with E-state index in [0.717, 1.165) is 0 Å². The Morgan fingerprint density at radius 3 is 2.17 bits per heavy atom. The van der Waals surface area contributed by atoms with Crippen LogP contribution >= 0.6 is 0 Å². The normalized spacial score (nSPS) is 11.3. The molecule has 6 heteroatoms. The molecule has 6 nitrogen and oxygen atoms in total. The van der Waals surface area contributed by atoms with E-state index in [0.29, 0.717) is 17.1 Å². The number of carbonyl (C=O) groups is 2. The van der Waals surface area contributed by atoms with Crippen LogP contribution in [0.5, 0.6) is 11.5 Å². The molecule has 2 N–H and O–H groups in total. The minimum atomic E-state index is -0.687. The van der Waals surface area contributed by atoms with Gasteiger partial charge in [-0.1, -0.05) is 19.8 Å². The Labute approximate surface area is 136 Å². The van der Waals surface area contributed by atoms with Crippen molar-refractivity contribution in [3.8, 4) is 23.8 Å². The van der Waals surface area contributed by atoms with Crippen LogP contribution in [-0.4, -0.2) is 38.6 Å². The summed E-state index contributed by atoms with van der Waals surface area (Å²) in [6, 6.07) is 4.13. The SMILES string of the molecule is C#CCNC(=O)C(NC(=O)c1cc(OC)cc(OC)c1)C(C)C. The van der Waals surface area contributed by atoms with Crippen molar-refractivity contribution in [2.45, 2.75) is 19.9 Å². The quantitative estimate of drug-likeness (QED) is 0.741. The molecular formula is C17H22N2O4. The highest BCUT2D eigenvalue weighted by Crippen LogP contribution is 2.22. The molecule has 0 aliphatic carbocycles. The third-order valence-electron chi connectivity index (χ3n) is 3.21. The summed E-state index contributed by atoms with van der Waals surface area (Å²) in [6.45, 7) is 3.80. The molecule has 23 heavy (non-hydrogen) atoms. The Morgan fingerprint density at radius 2 is 1.74 bits per heavy atom. The van der Waals surface area contributed by atoms with E-state index in [-0.39, 0.29) is 18.4 Å². The molecule has 2 amide bonds. The molecule has 0 fully saturated rings. The number of carbonyl (C=O) groups excluding carboxylic acids is 2. The largest absolute Gasteiger partial charge is 0.497 e. The molecule has 0 radical (unpaired) electrons. The van der Waals surface area contributed by atoms with Crippen LogP contribution in [0.4, 0.5) is 0 Å². The maximum Gasteiger partial charge on any atom is 0.252 e. The van der Waals surface area contributed by atoms with Gasteiger partial charge in [0.2, 0.25) is 5.91 Å². The van der Waals surface area contributed by atoms with Crippen molar-refractivity contribution in [1.82, 2.24) is 10.6 Å². The van der Waals surface area contributed by atoms with Crippen molar-refractivity contribution in [3.05, 3.63) is 23.8 Å². The van der Waals surface area contributed by atoms with Gasteiger partial charge in [-0.3, -0.25) is 9.59 Å². The van der Waals surface area contributed by atoms with E-state index in [1.165, 1.54) is 14.2 Å². The number of amides is 2. The van der Waals surface area contributed by atoms with E-state index >= 15 is 0 Å². The summed E-state index contributed by atoms with van der Waals surface area (Å²) in [5, 5.41) is 5.29. The molecule has 1 atom stereocenters. The Morgan fingerprint density at radius 1 is 1.17 bits per heavy atom. The number of ether oxygens (including phenoxy) is 2. The fraction of sp³-hybridized carbons (Fsp3) is 0.412. The van der Waals surface area contributed by atoms with Crippen LogP contribution in [0.1, 0.15) is 24.2 Å².